The number of benzene rings is 1. The molecule has 2 unspecified atom stereocenters. The third kappa shape index (κ3) is 1.65. The Hall–Kier alpha value is -1.35. The summed E-state index contributed by atoms with van der Waals surface area (Å²) < 4.78 is 0. The van der Waals surface area contributed by atoms with E-state index in [1.54, 1.807) is 0 Å². The molecular formula is C14H18N2O. The Morgan fingerprint density at radius 1 is 1.24 bits per heavy atom. The van der Waals surface area contributed by atoms with Gasteiger partial charge in [0.2, 0.25) is 5.91 Å². The molecule has 0 saturated carbocycles. The molecule has 2 aliphatic heterocycles. The van der Waals surface area contributed by atoms with Crippen LogP contribution < -0.4 is 10.6 Å². The van der Waals surface area contributed by atoms with E-state index in [1.807, 2.05) is 0 Å². The van der Waals surface area contributed by atoms with E-state index < -0.39 is 0 Å². The largest absolute Gasteiger partial charge is 0.326 e. The van der Waals surface area contributed by atoms with Gasteiger partial charge >= 0.3 is 0 Å². The smallest absolute Gasteiger partial charge is 0.228 e. The van der Waals surface area contributed by atoms with Gasteiger partial charge < -0.3 is 10.6 Å². The van der Waals surface area contributed by atoms with Crippen molar-refractivity contribution in [1.29, 1.82) is 0 Å². The van der Waals surface area contributed by atoms with E-state index in [1.165, 1.54) is 16.7 Å². The molecule has 2 atom stereocenters. The summed E-state index contributed by atoms with van der Waals surface area (Å²) in [7, 11) is 0. The molecule has 3 heteroatoms. The van der Waals surface area contributed by atoms with Crippen molar-refractivity contribution in [1.82, 2.24) is 5.32 Å². The van der Waals surface area contributed by atoms with Crippen LogP contribution in [-0.2, 0) is 4.79 Å². The molecule has 2 aliphatic rings. The molecule has 2 heterocycles. The van der Waals surface area contributed by atoms with Gasteiger partial charge in [0.1, 0.15) is 0 Å². The highest BCUT2D eigenvalue weighted by atomic mass is 16.2. The molecule has 0 aromatic heterocycles. The predicted octanol–water partition coefficient (Wildman–Crippen LogP) is 1.95. The van der Waals surface area contributed by atoms with Gasteiger partial charge in [0, 0.05) is 24.1 Å². The minimum absolute atomic E-state index is 0.158. The summed E-state index contributed by atoms with van der Waals surface area (Å²) in [6.45, 7) is 6.10. The number of carbonyl (C=O) groups is 1. The highest BCUT2D eigenvalue weighted by Crippen LogP contribution is 2.40. The molecule has 1 aromatic rings. The van der Waals surface area contributed by atoms with Crippen LogP contribution >= 0.6 is 0 Å². The van der Waals surface area contributed by atoms with Gasteiger partial charge in [-0.3, -0.25) is 4.79 Å². The fraction of sp³-hybridized carbons (Fsp3) is 0.500. The van der Waals surface area contributed by atoms with Crippen LogP contribution in [0.1, 0.15) is 29.0 Å². The van der Waals surface area contributed by atoms with Gasteiger partial charge in [-0.25, -0.2) is 0 Å². The van der Waals surface area contributed by atoms with Gasteiger partial charge in [-0.2, -0.15) is 0 Å². The Balaban J connectivity index is 2.13. The molecule has 1 fully saturated rings. The number of rotatable bonds is 0. The molecule has 90 valence electrons. The molecule has 17 heavy (non-hydrogen) atoms. The lowest BCUT2D eigenvalue weighted by Gasteiger charge is -2.37. The maximum Gasteiger partial charge on any atom is 0.228 e. The van der Waals surface area contributed by atoms with Crippen molar-refractivity contribution in [2.24, 2.45) is 5.92 Å². The second kappa shape index (κ2) is 3.84. The average molecular weight is 230 g/mol. The molecular weight excluding hydrogens is 212 g/mol. The quantitative estimate of drug-likeness (QED) is 0.715. The van der Waals surface area contributed by atoms with E-state index in [0.29, 0.717) is 5.92 Å². The SMILES string of the molecule is Cc1cc(C)c2c(c1)NC(=O)C1CCNCC21. The number of carbonyl (C=O) groups excluding carboxylic acids is 1. The first kappa shape index (κ1) is 10.8. The fourth-order valence-corrected chi connectivity index (χ4v) is 3.28. The third-order valence-corrected chi connectivity index (χ3v) is 3.98. The van der Waals surface area contributed by atoms with E-state index in [9.17, 15) is 4.79 Å². The molecule has 1 saturated heterocycles. The number of amides is 1. The van der Waals surface area contributed by atoms with Crippen LogP contribution in [-0.4, -0.2) is 19.0 Å². The number of fused-ring (bicyclic) bond motifs is 3. The van der Waals surface area contributed by atoms with Gasteiger partial charge in [0.25, 0.3) is 0 Å². The molecule has 3 rings (SSSR count). The second-order valence-electron chi connectivity index (χ2n) is 5.24. The van der Waals surface area contributed by atoms with Crippen molar-refractivity contribution in [3.8, 4) is 0 Å². The van der Waals surface area contributed by atoms with Gasteiger partial charge in [0.15, 0.2) is 0 Å². The summed E-state index contributed by atoms with van der Waals surface area (Å²) >= 11 is 0. The van der Waals surface area contributed by atoms with Crippen LogP contribution in [0.3, 0.4) is 0 Å². The van der Waals surface area contributed by atoms with Crippen molar-refractivity contribution in [3.05, 3.63) is 28.8 Å². The zero-order valence-electron chi connectivity index (χ0n) is 10.3. The molecule has 1 amide bonds. The maximum atomic E-state index is 12.1. The van der Waals surface area contributed by atoms with Crippen molar-refractivity contribution in [3.63, 3.8) is 0 Å². The average Bonchev–Trinajstić information content (AvgIpc) is 2.28. The Kier molecular flexibility index (Phi) is 2.44. The summed E-state index contributed by atoms with van der Waals surface area (Å²) in [6, 6.07) is 4.30. The van der Waals surface area contributed by atoms with Crippen LogP contribution in [0.15, 0.2) is 12.1 Å². The van der Waals surface area contributed by atoms with E-state index in [0.717, 1.165) is 25.2 Å². The van der Waals surface area contributed by atoms with Crippen LogP contribution in [0.4, 0.5) is 5.69 Å². The molecule has 3 nitrogen and oxygen atoms in total. The summed E-state index contributed by atoms with van der Waals surface area (Å²) in [5.41, 5.74) is 4.88. The summed E-state index contributed by atoms with van der Waals surface area (Å²) in [4.78, 5) is 12.1. The molecule has 0 radical (unpaired) electrons. The number of hydrogen-bond donors (Lipinski definition) is 2. The maximum absolute atomic E-state index is 12.1. The predicted molar refractivity (Wildman–Crippen MR) is 68.3 cm³/mol. The monoisotopic (exact) mass is 230 g/mol. The minimum Gasteiger partial charge on any atom is -0.326 e. The number of hydrogen-bond acceptors (Lipinski definition) is 2. The number of piperidine rings is 1. The first-order valence-corrected chi connectivity index (χ1v) is 6.29. The lowest BCUT2D eigenvalue weighted by atomic mass is 9.76. The van der Waals surface area contributed by atoms with E-state index in [2.05, 4.69) is 36.6 Å². The first-order valence-electron chi connectivity index (χ1n) is 6.29. The molecule has 0 aliphatic carbocycles. The van der Waals surface area contributed by atoms with E-state index in [4.69, 9.17) is 0 Å². The Bertz CT molecular complexity index is 481. The number of nitrogens with one attached hydrogen (secondary N) is 2. The van der Waals surface area contributed by atoms with E-state index in [-0.39, 0.29) is 11.8 Å². The van der Waals surface area contributed by atoms with Crippen molar-refractivity contribution in [2.75, 3.05) is 18.4 Å². The van der Waals surface area contributed by atoms with Gasteiger partial charge in [-0.15, -0.1) is 0 Å². The van der Waals surface area contributed by atoms with Gasteiger partial charge in [0.05, 0.1) is 0 Å². The van der Waals surface area contributed by atoms with Gasteiger partial charge in [-0.05, 0) is 49.6 Å². The van der Waals surface area contributed by atoms with Crippen LogP contribution in [0, 0.1) is 19.8 Å². The molecule has 0 bridgehead atoms. The lowest BCUT2D eigenvalue weighted by molar-refractivity contribution is -0.121. The number of anilines is 1. The first-order chi connectivity index (χ1) is 8.16. The Labute approximate surface area is 102 Å². The molecule has 0 spiro atoms. The summed E-state index contributed by atoms with van der Waals surface area (Å²) in [6.07, 6.45) is 0.948. The van der Waals surface area contributed by atoms with Crippen molar-refractivity contribution < 1.29 is 4.79 Å². The summed E-state index contributed by atoms with van der Waals surface area (Å²) in [5.74, 6) is 0.715. The summed E-state index contributed by atoms with van der Waals surface area (Å²) in [5, 5.41) is 6.48. The zero-order valence-corrected chi connectivity index (χ0v) is 10.3. The highest BCUT2D eigenvalue weighted by Gasteiger charge is 2.38. The van der Waals surface area contributed by atoms with Gasteiger partial charge in [-0.1, -0.05) is 6.07 Å². The second-order valence-corrected chi connectivity index (χ2v) is 5.24. The van der Waals surface area contributed by atoms with E-state index >= 15 is 0 Å². The van der Waals surface area contributed by atoms with Crippen LogP contribution in [0.2, 0.25) is 0 Å². The third-order valence-electron chi connectivity index (χ3n) is 3.98. The Morgan fingerprint density at radius 3 is 2.88 bits per heavy atom. The lowest BCUT2D eigenvalue weighted by Crippen LogP contribution is -2.44. The minimum atomic E-state index is 0.158. The topological polar surface area (TPSA) is 41.1 Å². The fourth-order valence-electron chi connectivity index (χ4n) is 3.28. The Morgan fingerprint density at radius 2 is 2.06 bits per heavy atom. The normalized spacial score (nSPS) is 27.1. The molecule has 2 N–H and O–H groups in total. The number of aryl methyl sites for hydroxylation is 2. The van der Waals surface area contributed by atoms with Crippen LogP contribution in [0.5, 0.6) is 0 Å². The zero-order chi connectivity index (χ0) is 12.0. The van der Waals surface area contributed by atoms with Crippen LogP contribution in [0.25, 0.3) is 0 Å². The molecule has 1 aromatic carbocycles. The standard InChI is InChI=1S/C14H18N2O/c1-8-5-9(2)13-11-7-15-4-3-10(11)14(17)16-12(13)6-8/h5-6,10-11,15H,3-4,7H2,1-2H3,(H,16,17). The van der Waals surface area contributed by atoms with Crippen molar-refractivity contribution >= 4 is 11.6 Å². The van der Waals surface area contributed by atoms with Crippen molar-refractivity contribution in [2.45, 2.75) is 26.2 Å². The highest BCUT2D eigenvalue weighted by molar-refractivity contribution is 5.97.